The molecule has 0 saturated heterocycles. The highest BCUT2D eigenvalue weighted by Crippen LogP contribution is 2.27. The first-order chi connectivity index (χ1) is 9.61. The lowest BCUT2D eigenvalue weighted by Crippen LogP contribution is -2.16. The number of benzene rings is 1. The van der Waals surface area contributed by atoms with E-state index in [4.69, 9.17) is 4.74 Å². The number of carboxylic acid groups (broad SMARTS) is 1. The number of carboxylic acids is 1. The fourth-order valence-corrected chi connectivity index (χ4v) is 1.99. The summed E-state index contributed by atoms with van der Waals surface area (Å²) >= 11 is 0. The molecule has 4 nitrogen and oxygen atoms in total. The molecule has 1 aromatic heterocycles. The molecule has 20 heavy (non-hydrogen) atoms. The number of aromatic nitrogens is 1. The molecule has 0 fully saturated rings. The van der Waals surface area contributed by atoms with Crippen LogP contribution in [-0.2, 0) is 11.2 Å². The van der Waals surface area contributed by atoms with Crippen molar-refractivity contribution < 1.29 is 19.0 Å². The molecule has 0 spiro atoms. The smallest absolute Gasteiger partial charge is 0.313 e. The van der Waals surface area contributed by atoms with E-state index in [-0.39, 0.29) is 12.2 Å². The molecule has 1 aromatic carbocycles. The molecule has 2 aromatic rings. The second kappa shape index (κ2) is 6.14. The zero-order valence-corrected chi connectivity index (χ0v) is 10.9. The molecule has 1 heterocycles. The highest BCUT2D eigenvalue weighted by atomic mass is 19.1. The van der Waals surface area contributed by atoms with Gasteiger partial charge in [0.2, 0.25) is 0 Å². The molecular weight excluding hydrogens is 261 g/mol. The van der Waals surface area contributed by atoms with Crippen molar-refractivity contribution in [3.63, 3.8) is 0 Å². The van der Waals surface area contributed by atoms with Crippen LogP contribution in [-0.4, -0.2) is 23.2 Å². The normalized spacial score (nSPS) is 11.9. The molecule has 0 aliphatic carbocycles. The topological polar surface area (TPSA) is 59.4 Å². The van der Waals surface area contributed by atoms with Crippen LogP contribution in [0.15, 0.2) is 42.6 Å². The maximum atomic E-state index is 12.9. The zero-order chi connectivity index (χ0) is 14.5. The molecule has 1 unspecified atom stereocenters. The summed E-state index contributed by atoms with van der Waals surface area (Å²) in [5.41, 5.74) is 1.10. The van der Waals surface area contributed by atoms with Crippen LogP contribution in [0.5, 0.6) is 5.75 Å². The van der Waals surface area contributed by atoms with Gasteiger partial charge in [-0.25, -0.2) is 4.39 Å². The third-order valence-corrected chi connectivity index (χ3v) is 3.00. The van der Waals surface area contributed by atoms with Gasteiger partial charge in [-0.15, -0.1) is 0 Å². The lowest BCUT2D eigenvalue weighted by molar-refractivity contribution is -0.138. The first kappa shape index (κ1) is 14.0. The number of nitrogens with zero attached hydrogens (tertiary/aromatic N) is 1. The maximum Gasteiger partial charge on any atom is 0.313 e. The van der Waals surface area contributed by atoms with Crippen LogP contribution in [0.2, 0.25) is 0 Å². The Balaban J connectivity index is 2.32. The summed E-state index contributed by atoms with van der Waals surface area (Å²) in [6.07, 6.45) is 1.75. The highest BCUT2D eigenvalue weighted by molar-refractivity contribution is 5.76. The van der Waals surface area contributed by atoms with Crippen molar-refractivity contribution in [2.24, 2.45) is 0 Å². The van der Waals surface area contributed by atoms with Gasteiger partial charge in [0.05, 0.1) is 12.8 Å². The number of carbonyl (C=O) groups is 1. The van der Waals surface area contributed by atoms with Crippen molar-refractivity contribution in [3.8, 4) is 5.75 Å². The van der Waals surface area contributed by atoms with Gasteiger partial charge in [-0.05, 0) is 36.2 Å². The number of hydrogen-bond donors (Lipinski definition) is 1. The van der Waals surface area contributed by atoms with Crippen molar-refractivity contribution >= 4 is 5.97 Å². The van der Waals surface area contributed by atoms with Crippen molar-refractivity contribution in [2.45, 2.75) is 12.3 Å². The SMILES string of the molecule is COc1cccnc1C(Cc1ccc(F)cc1)C(=O)O. The average Bonchev–Trinajstić information content (AvgIpc) is 2.46. The maximum absolute atomic E-state index is 12.9. The number of methoxy groups -OCH3 is 1. The Morgan fingerprint density at radius 2 is 2.05 bits per heavy atom. The Kier molecular flexibility index (Phi) is 4.30. The molecule has 1 N–H and O–H groups in total. The Bertz CT molecular complexity index is 598. The second-order valence-electron chi connectivity index (χ2n) is 4.31. The molecule has 1 atom stereocenters. The third-order valence-electron chi connectivity index (χ3n) is 3.00. The Labute approximate surface area is 115 Å². The number of pyridine rings is 1. The minimum absolute atomic E-state index is 0.225. The molecule has 0 amide bonds. The number of hydrogen-bond acceptors (Lipinski definition) is 3. The average molecular weight is 275 g/mol. The van der Waals surface area contributed by atoms with Crippen LogP contribution in [0.3, 0.4) is 0 Å². The summed E-state index contributed by atoms with van der Waals surface area (Å²) in [6.45, 7) is 0. The van der Waals surface area contributed by atoms with E-state index < -0.39 is 11.9 Å². The van der Waals surface area contributed by atoms with Crippen molar-refractivity contribution in [1.29, 1.82) is 0 Å². The fourth-order valence-electron chi connectivity index (χ4n) is 1.99. The molecule has 2 rings (SSSR count). The van der Waals surface area contributed by atoms with Gasteiger partial charge in [0, 0.05) is 6.20 Å². The van der Waals surface area contributed by atoms with Crippen LogP contribution in [0.1, 0.15) is 17.2 Å². The van der Waals surface area contributed by atoms with E-state index in [0.29, 0.717) is 11.4 Å². The van der Waals surface area contributed by atoms with Gasteiger partial charge in [0.1, 0.15) is 17.5 Å². The quantitative estimate of drug-likeness (QED) is 0.911. The van der Waals surface area contributed by atoms with E-state index in [0.717, 1.165) is 5.56 Å². The van der Waals surface area contributed by atoms with Crippen molar-refractivity contribution in [2.75, 3.05) is 7.11 Å². The summed E-state index contributed by atoms with van der Waals surface area (Å²) < 4.78 is 18.0. The van der Waals surface area contributed by atoms with E-state index >= 15 is 0 Å². The standard InChI is InChI=1S/C15H14FNO3/c1-20-13-3-2-8-17-14(13)12(15(18)19)9-10-4-6-11(16)7-5-10/h2-8,12H,9H2,1H3,(H,18,19). The van der Waals surface area contributed by atoms with E-state index in [1.54, 1.807) is 24.3 Å². The van der Waals surface area contributed by atoms with Gasteiger partial charge in [0.25, 0.3) is 0 Å². The monoisotopic (exact) mass is 275 g/mol. The van der Waals surface area contributed by atoms with Crippen LogP contribution in [0, 0.1) is 5.82 Å². The van der Waals surface area contributed by atoms with Gasteiger partial charge in [-0.1, -0.05) is 12.1 Å². The molecule has 104 valence electrons. The van der Waals surface area contributed by atoms with Crippen molar-refractivity contribution in [3.05, 3.63) is 59.7 Å². The number of rotatable bonds is 5. The van der Waals surface area contributed by atoms with Gasteiger partial charge >= 0.3 is 5.97 Å². The van der Waals surface area contributed by atoms with Crippen LogP contribution < -0.4 is 4.74 Å². The molecule has 0 radical (unpaired) electrons. The highest BCUT2D eigenvalue weighted by Gasteiger charge is 2.25. The Morgan fingerprint density at radius 1 is 1.35 bits per heavy atom. The molecule has 5 heteroatoms. The predicted octanol–water partition coefficient (Wildman–Crippen LogP) is 2.64. The zero-order valence-electron chi connectivity index (χ0n) is 10.9. The van der Waals surface area contributed by atoms with Gasteiger partial charge in [-0.2, -0.15) is 0 Å². The second-order valence-corrected chi connectivity index (χ2v) is 4.31. The summed E-state index contributed by atoms with van der Waals surface area (Å²) in [6, 6.07) is 9.11. The van der Waals surface area contributed by atoms with Gasteiger partial charge in [0.15, 0.2) is 0 Å². The molecule has 0 saturated carbocycles. The number of ether oxygens (including phenoxy) is 1. The summed E-state index contributed by atoms with van der Waals surface area (Å²) in [7, 11) is 1.47. The van der Waals surface area contributed by atoms with Crippen LogP contribution in [0.25, 0.3) is 0 Å². The molecule has 0 bridgehead atoms. The summed E-state index contributed by atoms with van der Waals surface area (Å²) in [4.78, 5) is 15.6. The predicted molar refractivity (Wildman–Crippen MR) is 71.3 cm³/mol. The number of aliphatic carboxylic acids is 1. The first-order valence-corrected chi connectivity index (χ1v) is 6.08. The molecule has 0 aliphatic rings. The number of halogens is 1. The van der Waals surface area contributed by atoms with E-state index in [1.807, 2.05) is 0 Å². The lowest BCUT2D eigenvalue weighted by Gasteiger charge is -2.15. The first-order valence-electron chi connectivity index (χ1n) is 6.08. The fraction of sp³-hybridized carbons (Fsp3) is 0.200. The molecule has 0 aliphatic heterocycles. The van der Waals surface area contributed by atoms with Gasteiger partial charge in [-0.3, -0.25) is 9.78 Å². The van der Waals surface area contributed by atoms with E-state index in [9.17, 15) is 14.3 Å². The van der Waals surface area contributed by atoms with Crippen LogP contribution >= 0.6 is 0 Å². The van der Waals surface area contributed by atoms with Crippen molar-refractivity contribution in [1.82, 2.24) is 4.98 Å². The lowest BCUT2D eigenvalue weighted by atomic mass is 9.95. The minimum Gasteiger partial charge on any atom is -0.495 e. The van der Waals surface area contributed by atoms with E-state index in [1.165, 1.54) is 25.4 Å². The minimum atomic E-state index is -0.994. The summed E-state index contributed by atoms with van der Waals surface area (Å²) in [5, 5.41) is 9.39. The van der Waals surface area contributed by atoms with Crippen LogP contribution in [0.4, 0.5) is 4.39 Å². The largest absolute Gasteiger partial charge is 0.495 e. The van der Waals surface area contributed by atoms with Gasteiger partial charge < -0.3 is 9.84 Å². The summed E-state index contributed by atoms with van der Waals surface area (Å²) in [5.74, 6) is -1.75. The third kappa shape index (κ3) is 3.12. The van der Waals surface area contributed by atoms with E-state index in [2.05, 4.69) is 4.98 Å². The Hall–Kier alpha value is -2.43. The molecular formula is C15H14FNO3. The Morgan fingerprint density at radius 3 is 2.65 bits per heavy atom.